The molecule has 1 aliphatic heterocycles. The van der Waals surface area contributed by atoms with Crippen LogP contribution >= 0.6 is 0 Å². The van der Waals surface area contributed by atoms with Gasteiger partial charge in [0, 0.05) is 10.9 Å². The lowest BCUT2D eigenvalue weighted by atomic mass is 10.1. The third kappa shape index (κ3) is 1.72. The lowest BCUT2D eigenvalue weighted by Gasteiger charge is -2.06. The van der Waals surface area contributed by atoms with Crippen LogP contribution in [0.3, 0.4) is 0 Å². The molecule has 5 heteroatoms. The number of nitrogens with zero attached hydrogens (tertiary/aromatic N) is 3. The number of rotatable bonds is 1. The SMILES string of the molecule is COc1ccc2nc3n(c(=O)c2c1)Cc1cc2ccccc2nc1-3. The van der Waals surface area contributed by atoms with Crippen molar-refractivity contribution in [2.24, 2.45) is 0 Å². The van der Waals surface area contributed by atoms with Crippen LogP contribution in [0.4, 0.5) is 0 Å². The molecule has 3 heterocycles. The minimum atomic E-state index is -0.0593. The zero-order valence-electron chi connectivity index (χ0n) is 13.0. The Labute approximate surface area is 137 Å². The Hall–Kier alpha value is -3.21. The highest BCUT2D eigenvalue weighted by Crippen LogP contribution is 2.31. The van der Waals surface area contributed by atoms with Crippen LogP contribution in [-0.4, -0.2) is 21.6 Å². The van der Waals surface area contributed by atoms with Crippen molar-refractivity contribution in [1.29, 1.82) is 0 Å². The lowest BCUT2D eigenvalue weighted by Crippen LogP contribution is -2.20. The molecule has 0 bridgehead atoms. The van der Waals surface area contributed by atoms with E-state index in [4.69, 9.17) is 9.72 Å². The van der Waals surface area contributed by atoms with Gasteiger partial charge in [-0.25, -0.2) is 9.97 Å². The minimum absolute atomic E-state index is 0.0593. The molecular formula is C19H13N3O2. The van der Waals surface area contributed by atoms with Gasteiger partial charge in [0.15, 0.2) is 5.82 Å². The summed E-state index contributed by atoms with van der Waals surface area (Å²) in [6.07, 6.45) is 0. The molecule has 0 amide bonds. The first kappa shape index (κ1) is 13.2. The van der Waals surface area contributed by atoms with Crippen molar-refractivity contribution in [3.05, 3.63) is 64.4 Å². The molecule has 24 heavy (non-hydrogen) atoms. The summed E-state index contributed by atoms with van der Waals surface area (Å²) in [5.74, 6) is 1.29. The topological polar surface area (TPSA) is 57.0 Å². The Kier molecular flexibility index (Phi) is 2.56. The van der Waals surface area contributed by atoms with Crippen molar-refractivity contribution < 1.29 is 4.74 Å². The normalized spacial score (nSPS) is 12.4. The average Bonchev–Trinajstić information content (AvgIpc) is 2.97. The van der Waals surface area contributed by atoms with E-state index in [1.165, 1.54) is 0 Å². The van der Waals surface area contributed by atoms with Gasteiger partial charge in [-0.2, -0.15) is 0 Å². The molecule has 0 radical (unpaired) electrons. The van der Waals surface area contributed by atoms with Crippen molar-refractivity contribution in [2.75, 3.05) is 7.11 Å². The van der Waals surface area contributed by atoms with Gasteiger partial charge in [-0.15, -0.1) is 0 Å². The van der Waals surface area contributed by atoms with Gasteiger partial charge in [0.25, 0.3) is 5.56 Å². The third-order valence-electron chi connectivity index (χ3n) is 4.50. The molecule has 5 nitrogen and oxygen atoms in total. The fourth-order valence-electron chi connectivity index (χ4n) is 3.30. The predicted octanol–water partition coefficient (Wildman–Crippen LogP) is 2.98. The number of hydrogen-bond donors (Lipinski definition) is 0. The van der Waals surface area contributed by atoms with E-state index in [-0.39, 0.29) is 5.56 Å². The van der Waals surface area contributed by atoms with Gasteiger partial charge in [0.1, 0.15) is 11.4 Å². The summed E-state index contributed by atoms with van der Waals surface area (Å²) in [5.41, 5.74) is 3.34. The molecule has 0 atom stereocenters. The predicted molar refractivity (Wildman–Crippen MR) is 92.4 cm³/mol. The van der Waals surface area contributed by atoms with E-state index >= 15 is 0 Å². The van der Waals surface area contributed by atoms with E-state index < -0.39 is 0 Å². The molecule has 0 saturated heterocycles. The van der Waals surface area contributed by atoms with E-state index in [9.17, 15) is 4.79 Å². The van der Waals surface area contributed by atoms with Gasteiger partial charge < -0.3 is 4.74 Å². The molecule has 0 fully saturated rings. The molecule has 0 saturated carbocycles. The molecule has 5 rings (SSSR count). The monoisotopic (exact) mass is 315 g/mol. The van der Waals surface area contributed by atoms with E-state index in [0.29, 0.717) is 29.0 Å². The van der Waals surface area contributed by atoms with Crippen molar-refractivity contribution in [3.63, 3.8) is 0 Å². The highest BCUT2D eigenvalue weighted by molar-refractivity contribution is 5.86. The summed E-state index contributed by atoms with van der Waals surface area (Å²) < 4.78 is 6.92. The van der Waals surface area contributed by atoms with E-state index in [1.807, 2.05) is 36.4 Å². The van der Waals surface area contributed by atoms with Crippen LogP contribution in [0.5, 0.6) is 5.75 Å². The molecular weight excluding hydrogens is 302 g/mol. The maximum absolute atomic E-state index is 12.9. The Morgan fingerprint density at radius 1 is 1.04 bits per heavy atom. The largest absolute Gasteiger partial charge is 0.497 e. The second-order valence-corrected chi connectivity index (χ2v) is 5.90. The second-order valence-electron chi connectivity index (χ2n) is 5.90. The summed E-state index contributed by atoms with van der Waals surface area (Å²) in [6, 6.07) is 15.4. The molecule has 0 unspecified atom stereocenters. The smallest absolute Gasteiger partial charge is 0.262 e. The van der Waals surface area contributed by atoms with Crippen molar-refractivity contribution in [1.82, 2.24) is 14.5 Å². The number of methoxy groups -OCH3 is 1. The molecule has 2 aromatic heterocycles. The summed E-state index contributed by atoms with van der Waals surface area (Å²) in [7, 11) is 1.59. The Bertz CT molecular complexity index is 1190. The number of fused-ring (bicyclic) bond motifs is 5. The minimum Gasteiger partial charge on any atom is -0.497 e. The number of ether oxygens (including phenoxy) is 1. The van der Waals surface area contributed by atoms with Crippen LogP contribution in [0.1, 0.15) is 5.56 Å². The Morgan fingerprint density at radius 2 is 1.92 bits per heavy atom. The fourth-order valence-corrected chi connectivity index (χ4v) is 3.30. The van der Waals surface area contributed by atoms with E-state index in [2.05, 4.69) is 11.1 Å². The molecule has 2 aromatic carbocycles. The first-order valence-corrected chi connectivity index (χ1v) is 7.72. The molecule has 0 aliphatic carbocycles. The molecule has 1 aliphatic rings. The van der Waals surface area contributed by atoms with Crippen molar-refractivity contribution in [2.45, 2.75) is 6.54 Å². The van der Waals surface area contributed by atoms with Gasteiger partial charge in [-0.3, -0.25) is 9.36 Å². The third-order valence-corrected chi connectivity index (χ3v) is 4.50. The maximum atomic E-state index is 12.9. The zero-order valence-corrected chi connectivity index (χ0v) is 13.0. The zero-order chi connectivity index (χ0) is 16.3. The number of pyridine rings is 1. The molecule has 4 aromatic rings. The van der Waals surface area contributed by atoms with Crippen LogP contribution in [0.2, 0.25) is 0 Å². The highest BCUT2D eigenvalue weighted by atomic mass is 16.5. The van der Waals surface area contributed by atoms with Crippen LogP contribution in [0, 0.1) is 0 Å². The van der Waals surface area contributed by atoms with E-state index in [1.54, 1.807) is 17.7 Å². The van der Waals surface area contributed by atoms with Gasteiger partial charge in [-0.05, 0) is 30.3 Å². The summed E-state index contributed by atoms with van der Waals surface area (Å²) in [5, 5.41) is 1.64. The Balaban J connectivity index is 1.83. The van der Waals surface area contributed by atoms with Gasteiger partial charge in [0.2, 0.25) is 0 Å². The van der Waals surface area contributed by atoms with Crippen molar-refractivity contribution in [3.8, 4) is 17.3 Å². The van der Waals surface area contributed by atoms with Gasteiger partial charge in [0.05, 0.1) is 30.1 Å². The number of aromatic nitrogens is 3. The lowest BCUT2D eigenvalue weighted by molar-refractivity contribution is 0.415. The van der Waals surface area contributed by atoms with Crippen molar-refractivity contribution >= 4 is 21.8 Å². The maximum Gasteiger partial charge on any atom is 0.262 e. The quantitative estimate of drug-likeness (QED) is 0.477. The molecule has 0 N–H and O–H groups in total. The first-order valence-electron chi connectivity index (χ1n) is 7.72. The van der Waals surface area contributed by atoms with Gasteiger partial charge in [-0.1, -0.05) is 18.2 Å². The standard InChI is InChI=1S/C19H13N3O2/c1-24-13-6-7-16-14(9-13)19(23)22-10-12-8-11-4-2-3-5-15(11)20-17(12)18(22)21-16/h2-9H,10H2,1H3. The summed E-state index contributed by atoms with van der Waals surface area (Å²) in [4.78, 5) is 22.3. The first-order chi connectivity index (χ1) is 11.7. The molecule has 116 valence electrons. The van der Waals surface area contributed by atoms with Crippen LogP contribution in [-0.2, 0) is 6.54 Å². The second kappa shape index (κ2) is 4.64. The summed E-state index contributed by atoms with van der Waals surface area (Å²) >= 11 is 0. The number of para-hydroxylation sites is 1. The van der Waals surface area contributed by atoms with Crippen LogP contribution in [0.25, 0.3) is 33.3 Å². The highest BCUT2D eigenvalue weighted by Gasteiger charge is 2.24. The summed E-state index contributed by atoms with van der Waals surface area (Å²) in [6.45, 7) is 0.501. The van der Waals surface area contributed by atoms with Crippen LogP contribution < -0.4 is 10.3 Å². The number of hydrogen-bond acceptors (Lipinski definition) is 4. The molecule has 0 spiro atoms. The van der Waals surface area contributed by atoms with Gasteiger partial charge >= 0.3 is 0 Å². The van der Waals surface area contributed by atoms with Crippen LogP contribution in [0.15, 0.2) is 53.3 Å². The number of benzene rings is 2. The fraction of sp³-hybridized carbons (Fsp3) is 0.105. The Morgan fingerprint density at radius 3 is 2.79 bits per heavy atom. The average molecular weight is 315 g/mol. The van der Waals surface area contributed by atoms with E-state index in [0.717, 1.165) is 22.2 Å².